The van der Waals surface area contributed by atoms with Crippen molar-refractivity contribution in [3.05, 3.63) is 0 Å². The van der Waals surface area contributed by atoms with Gasteiger partial charge in [-0.15, -0.1) is 0 Å². The third-order valence-corrected chi connectivity index (χ3v) is 2.86. The standard InChI is InChI=1S/C11H21NO3/c1-14-8-4-7-12-6-3-5-10(9-12)11(13)15-2/h10H,3-9H2,1-2H3. The lowest BCUT2D eigenvalue weighted by Gasteiger charge is -2.31. The van der Waals surface area contributed by atoms with Crippen molar-refractivity contribution in [1.29, 1.82) is 0 Å². The van der Waals surface area contributed by atoms with Crippen LogP contribution in [0.5, 0.6) is 0 Å². The lowest BCUT2D eigenvalue weighted by atomic mass is 9.98. The Balaban J connectivity index is 2.26. The minimum absolute atomic E-state index is 0.0635. The number of methoxy groups -OCH3 is 2. The highest BCUT2D eigenvalue weighted by Gasteiger charge is 2.25. The van der Waals surface area contributed by atoms with Gasteiger partial charge in [0.1, 0.15) is 0 Å². The van der Waals surface area contributed by atoms with Crippen LogP contribution >= 0.6 is 0 Å². The van der Waals surface area contributed by atoms with Crippen LogP contribution in [0.15, 0.2) is 0 Å². The fourth-order valence-electron chi connectivity index (χ4n) is 2.05. The fourth-order valence-corrected chi connectivity index (χ4v) is 2.05. The summed E-state index contributed by atoms with van der Waals surface area (Å²) >= 11 is 0. The Morgan fingerprint density at radius 3 is 2.93 bits per heavy atom. The number of piperidine rings is 1. The van der Waals surface area contributed by atoms with Gasteiger partial charge in [-0.1, -0.05) is 0 Å². The second kappa shape index (κ2) is 6.80. The Morgan fingerprint density at radius 1 is 1.47 bits per heavy atom. The average Bonchev–Trinajstić information content (AvgIpc) is 2.29. The minimum Gasteiger partial charge on any atom is -0.469 e. The Kier molecular flexibility index (Phi) is 5.65. The van der Waals surface area contributed by atoms with Crippen LogP contribution in [0.4, 0.5) is 0 Å². The van der Waals surface area contributed by atoms with E-state index in [9.17, 15) is 4.79 Å². The van der Waals surface area contributed by atoms with Gasteiger partial charge in [0.05, 0.1) is 13.0 Å². The summed E-state index contributed by atoms with van der Waals surface area (Å²) < 4.78 is 9.78. The van der Waals surface area contributed by atoms with Crippen LogP contribution in [0.2, 0.25) is 0 Å². The molecule has 0 aromatic rings. The van der Waals surface area contributed by atoms with Crippen LogP contribution in [0.1, 0.15) is 19.3 Å². The van der Waals surface area contributed by atoms with Crippen LogP contribution in [0, 0.1) is 5.92 Å². The molecule has 1 unspecified atom stereocenters. The van der Waals surface area contributed by atoms with Crippen LogP contribution in [-0.2, 0) is 14.3 Å². The molecule has 15 heavy (non-hydrogen) atoms. The lowest BCUT2D eigenvalue weighted by molar-refractivity contribution is -0.147. The van der Waals surface area contributed by atoms with Crippen molar-refractivity contribution < 1.29 is 14.3 Å². The average molecular weight is 215 g/mol. The van der Waals surface area contributed by atoms with E-state index in [-0.39, 0.29) is 11.9 Å². The van der Waals surface area contributed by atoms with Crippen molar-refractivity contribution in [3.8, 4) is 0 Å². The zero-order chi connectivity index (χ0) is 11.1. The minimum atomic E-state index is -0.0635. The third-order valence-electron chi connectivity index (χ3n) is 2.86. The molecule has 1 heterocycles. The van der Waals surface area contributed by atoms with E-state index in [4.69, 9.17) is 9.47 Å². The maximum atomic E-state index is 11.4. The number of ether oxygens (including phenoxy) is 2. The molecule has 0 amide bonds. The lowest BCUT2D eigenvalue weighted by Crippen LogP contribution is -2.39. The molecule has 1 fully saturated rings. The van der Waals surface area contributed by atoms with Crippen molar-refractivity contribution in [2.75, 3.05) is 40.5 Å². The monoisotopic (exact) mass is 215 g/mol. The predicted molar refractivity (Wildman–Crippen MR) is 57.7 cm³/mol. The number of likely N-dealkylation sites (tertiary alicyclic amines) is 1. The number of carbonyl (C=O) groups excluding carboxylic acids is 1. The smallest absolute Gasteiger partial charge is 0.309 e. The Hall–Kier alpha value is -0.610. The molecule has 0 aromatic carbocycles. The molecule has 88 valence electrons. The highest BCUT2D eigenvalue weighted by molar-refractivity contribution is 5.72. The fraction of sp³-hybridized carbons (Fsp3) is 0.909. The van der Waals surface area contributed by atoms with E-state index < -0.39 is 0 Å². The van der Waals surface area contributed by atoms with Crippen LogP contribution in [-0.4, -0.2) is 51.3 Å². The van der Waals surface area contributed by atoms with E-state index in [2.05, 4.69) is 4.90 Å². The molecule has 0 radical (unpaired) electrons. The molecule has 1 saturated heterocycles. The molecule has 0 aliphatic carbocycles. The van der Waals surface area contributed by atoms with Gasteiger partial charge in [-0.25, -0.2) is 0 Å². The normalized spacial score (nSPS) is 22.7. The maximum absolute atomic E-state index is 11.4. The predicted octanol–water partition coefficient (Wildman–Crippen LogP) is 0.908. The first-order chi connectivity index (χ1) is 7.27. The van der Waals surface area contributed by atoms with Crippen LogP contribution in [0.25, 0.3) is 0 Å². The summed E-state index contributed by atoms with van der Waals surface area (Å²) in [5, 5.41) is 0. The van der Waals surface area contributed by atoms with E-state index in [1.165, 1.54) is 7.11 Å². The largest absolute Gasteiger partial charge is 0.469 e. The molecule has 1 aliphatic heterocycles. The zero-order valence-corrected chi connectivity index (χ0v) is 9.70. The summed E-state index contributed by atoms with van der Waals surface area (Å²) in [5.74, 6) is 0.0118. The molecule has 0 spiro atoms. The number of esters is 1. The molecule has 0 aromatic heterocycles. The topological polar surface area (TPSA) is 38.8 Å². The number of hydrogen-bond donors (Lipinski definition) is 0. The molecule has 0 saturated carbocycles. The summed E-state index contributed by atoms with van der Waals surface area (Å²) in [6.07, 6.45) is 3.09. The van der Waals surface area contributed by atoms with Gasteiger partial charge >= 0.3 is 5.97 Å². The Labute approximate surface area is 91.5 Å². The highest BCUT2D eigenvalue weighted by Crippen LogP contribution is 2.17. The van der Waals surface area contributed by atoms with Crippen LogP contribution < -0.4 is 0 Å². The van der Waals surface area contributed by atoms with E-state index in [0.717, 1.165) is 45.5 Å². The van der Waals surface area contributed by atoms with Gasteiger partial charge in [0.15, 0.2) is 0 Å². The zero-order valence-electron chi connectivity index (χ0n) is 9.70. The van der Waals surface area contributed by atoms with E-state index in [1.54, 1.807) is 7.11 Å². The second-order valence-electron chi connectivity index (χ2n) is 4.01. The number of hydrogen-bond acceptors (Lipinski definition) is 4. The van der Waals surface area contributed by atoms with Crippen molar-refractivity contribution in [2.24, 2.45) is 5.92 Å². The van der Waals surface area contributed by atoms with Gasteiger partial charge in [-0.2, -0.15) is 0 Å². The summed E-state index contributed by atoms with van der Waals surface area (Å²) in [6, 6.07) is 0. The van der Waals surface area contributed by atoms with Crippen molar-refractivity contribution in [2.45, 2.75) is 19.3 Å². The quantitative estimate of drug-likeness (QED) is 0.505. The summed E-state index contributed by atoms with van der Waals surface area (Å²) in [5.41, 5.74) is 0. The third kappa shape index (κ3) is 4.18. The van der Waals surface area contributed by atoms with Crippen molar-refractivity contribution in [1.82, 2.24) is 4.90 Å². The first-order valence-corrected chi connectivity index (χ1v) is 5.57. The molecule has 4 nitrogen and oxygen atoms in total. The van der Waals surface area contributed by atoms with Gasteiger partial charge in [-0.3, -0.25) is 4.79 Å². The highest BCUT2D eigenvalue weighted by atomic mass is 16.5. The molecule has 1 atom stereocenters. The molecule has 1 rings (SSSR count). The van der Waals surface area contributed by atoms with Gasteiger partial charge in [-0.05, 0) is 25.8 Å². The van der Waals surface area contributed by atoms with Gasteiger partial charge in [0, 0.05) is 26.8 Å². The van der Waals surface area contributed by atoms with Crippen LogP contribution in [0.3, 0.4) is 0 Å². The number of carbonyl (C=O) groups is 1. The van der Waals surface area contributed by atoms with Gasteiger partial charge < -0.3 is 14.4 Å². The van der Waals surface area contributed by atoms with E-state index >= 15 is 0 Å². The first-order valence-electron chi connectivity index (χ1n) is 5.57. The number of nitrogens with zero attached hydrogens (tertiary/aromatic N) is 1. The SMILES string of the molecule is COCCCN1CCCC(C(=O)OC)C1. The molecule has 4 heteroatoms. The summed E-state index contributed by atoms with van der Waals surface area (Å²) in [6.45, 7) is 3.74. The summed E-state index contributed by atoms with van der Waals surface area (Å²) in [7, 11) is 3.18. The molecule has 0 bridgehead atoms. The van der Waals surface area contributed by atoms with Crippen molar-refractivity contribution >= 4 is 5.97 Å². The second-order valence-corrected chi connectivity index (χ2v) is 4.01. The molecule has 1 aliphatic rings. The van der Waals surface area contributed by atoms with E-state index in [0.29, 0.717) is 0 Å². The van der Waals surface area contributed by atoms with Gasteiger partial charge in [0.25, 0.3) is 0 Å². The van der Waals surface area contributed by atoms with Gasteiger partial charge in [0.2, 0.25) is 0 Å². The Bertz CT molecular complexity index is 196. The maximum Gasteiger partial charge on any atom is 0.309 e. The van der Waals surface area contributed by atoms with Crippen molar-refractivity contribution in [3.63, 3.8) is 0 Å². The molecule has 0 N–H and O–H groups in total. The van der Waals surface area contributed by atoms with E-state index in [1.807, 2.05) is 0 Å². The summed E-state index contributed by atoms with van der Waals surface area (Å²) in [4.78, 5) is 13.7. The number of rotatable bonds is 5. The Morgan fingerprint density at radius 2 is 2.27 bits per heavy atom. The molecular formula is C11H21NO3. The molecular weight excluding hydrogens is 194 g/mol. The first kappa shape index (κ1) is 12.5.